The summed E-state index contributed by atoms with van der Waals surface area (Å²) in [6.45, 7) is 3.47. The summed E-state index contributed by atoms with van der Waals surface area (Å²) < 4.78 is 26.3. The lowest BCUT2D eigenvalue weighted by molar-refractivity contribution is -0.161. The van der Waals surface area contributed by atoms with Gasteiger partial charge in [0.15, 0.2) is 11.9 Å². The fourth-order valence-electron chi connectivity index (χ4n) is 5.32. The Hall–Kier alpha value is -2.32. The quantitative estimate of drug-likeness (QED) is 0.0161. The maximum Gasteiger partial charge on any atom is 0.469 e. The smallest absolute Gasteiger partial charge is 0.462 e. The third kappa shape index (κ3) is 38.7. The standard InChI is InChI=1S/C41H71O9P/c1-3-5-7-8-9-10-11-12-13-14-17-20-23-26-30-34-40(43)48-36-39(37-49-51(45,46)47)50-41(44)35-31-27-24-21-18-15-16-19-22-25-29-33-38(42)32-28-6-4-2/h15-16,21-22,24-25,29,33,39H,3-14,17-20,23,26-28,30-32,34-37H2,1-2H3,(H2,45,46,47)/b16-15-,24-21-,25-22-,33-29+/t39-/m1/s1. The monoisotopic (exact) mass is 738 g/mol. The minimum Gasteiger partial charge on any atom is -0.462 e. The molecule has 0 spiro atoms. The van der Waals surface area contributed by atoms with Crippen LogP contribution < -0.4 is 0 Å². The number of hydrogen-bond acceptors (Lipinski definition) is 7. The number of phosphoric ester groups is 1. The molecule has 0 saturated carbocycles. The van der Waals surface area contributed by atoms with Crippen molar-refractivity contribution in [2.45, 2.75) is 180 Å². The third-order valence-electron chi connectivity index (χ3n) is 8.33. The van der Waals surface area contributed by atoms with Crippen LogP contribution in [0.5, 0.6) is 0 Å². The number of esters is 2. The van der Waals surface area contributed by atoms with E-state index in [-0.39, 0.29) is 25.2 Å². The predicted molar refractivity (Wildman–Crippen MR) is 207 cm³/mol. The first-order valence-corrected chi connectivity index (χ1v) is 21.4. The number of carbonyl (C=O) groups is 3. The molecular formula is C41H71O9P. The molecule has 0 heterocycles. The number of allylic oxidation sites excluding steroid dienone is 8. The molecule has 0 bridgehead atoms. The molecule has 0 aliphatic carbocycles. The molecule has 0 fully saturated rings. The topological polar surface area (TPSA) is 136 Å². The summed E-state index contributed by atoms with van der Waals surface area (Å²) in [7, 11) is -4.78. The van der Waals surface area contributed by atoms with Crippen LogP contribution in [0.1, 0.15) is 174 Å². The third-order valence-corrected chi connectivity index (χ3v) is 8.81. The highest BCUT2D eigenvalue weighted by atomic mass is 31.2. The molecule has 0 aliphatic rings. The van der Waals surface area contributed by atoms with Gasteiger partial charge in [-0.3, -0.25) is 18.9 Å². The van der Waals surface area contributed by atoms with Crippen molar-refractivity contribution in [2.75, 3.05) is 13.2 Å². The molecule has 2 N–H and O–H groups in total. The number of rotatable bonds is 36. The molecule has 0 aromatic carbocycles. The van der Waals surface area contributed by atoms with E-state index in [4.69, 9.17) is 19.3 Å². The van der Waals surface area contributed by atoms with E-state index in [2.05, 4.69) is 18.4 Å². The van der Waals surface area contributed by atoms with Gasteiger partial charge in [0, 0.05) is 19.3 Å². The second-order valence-corrected chi connectivity index (χ2v) is 14.5. The lowest BCUT2D eigenvalue weighted by Gasteiger charge is -2.18. The first kappa shape index (κ1) is 48.7. The first-order chi connectivity index (χ1) is 24.7. The predicted octanol–water partition coefficient (Wildman–Crippen LogP) is 11.1. The normalized spacial score (nSPS) is 12.9. The summed E-state index contributed by atoms with van der Waals surface area (Å²) in [6.07, 6.45) is 39.6. The summed E-state index contributed by atoms with van der Waals surface area (Å²) in [5.41, 5.74) is 0. The lowest BCUT2D eigenvalue weighted by atomic mass is 10.0. The first-order valence-electron chi connectivity index (χ1n) is 19.9. The minimum atomic E-state index is -4.78. The number of ether oxygens (including phenoxy) is 2. The second kappa shape index (κ2) is 36.1. The van der Waals surface area contributed by atoms with Crippen molar-refractivity contribution in [1.29, 1.82) is 0 Å². The van der Waals surface area contributed by atoms with Gasteiger partial charge in [0.1, 0.15) is 6.61 Å². The van der Waals surface area contributed by atoms with E-state index < -0.39 is 32.5 Å². The van der Waals surface area contributed by atoms with Gasteiger partial charge in [-0.15, -0.1) is 0 Å². The van der Waals surface area contributed by atoms with E-state index >= 15 is 0 Å². The van der Waals surface area contributed by atoms with E-state index in [1.165, 1.54) is 70.6 Å². The van der Waals surface area contributed by atoms with Crippen molar-refractivity contribution < 1.29 is 42.7 Å². The fourth-order valence-corrected chi connectivity index (χ4v) is 5.68. The number of ketones is 1. The largest absolute Gasteiger partial charge is 0.469 e. The molecule has 294 valence electrons. The van der Waals surface area contributed by atoms with E-state index in [0.29, 0.717) is 25.7 Å². The highest BCUT2D eigenvalue weighted by molar-refractivity contribution is 7.46. The Balaban J connectivity index is 4.09. The van der Waals surface area contributed by atoms with Crippen LogP contribution in [0.3, 0.4) is 0 Å². The summed E-state index contributed by atoms with van der Waals surface area (Å²) in [5, 5.41) is 0. The highest BCUT2D eigenvalue weighted by Crippen LogP contribution is 2.36. The highest BCUT2D eigenvalue weighted by Gasteiger charge is 2.22. The van der Waals surface area contributed by atoms with Gasteiger partial charge in [-0.25, -0.2) is 4.57 Å². The second-order valence-electron chi connectivity index (χ2n) is 13.3. The zero-order chi connectivity index (χ0) is 37.7. The van der Waals surface area contributed by atoms with E-state index in [9.17, 15) is 18.9 Å². The molecule has 51 heavy (non-hydrogen) atoms. The molecule has 0 unspecified atom stereocenters. The Kier molecular flexibility index (Phi) is 34.4. The molecule has 0 aliphatic heterocycles. The number of unbranched alkanes of at least 4 members (excludes halogenated alkanes) is 17. The molecule has 1 atom stereocenters. The Morgan fingerprint density at radius 1 is 0.569 bits per heavy atom. The molecule has 10 heteroatoms. The fraction of sp³-hybridized carbons (Fsp3) is 0.732. The van der Waals surface area contributed by atoms with Crippen LogP contribution in [0.15, 0.2) is 48.6 Å². The van der Waals surface area contributed by atoms with Crippen molar-refractivity contribution in [3.05, 3.63) is 48.6 Å². The summed E-state index contributed by atoms with van der Waals surface area (Å²) >= 11 is 0. The van der Waals surface area contributed by atoms with E-state index in [1.807, 2.05) is 36.5 Å². The van der Waals surface area contributed by atoms with Gasteiger partial charge in [0.25, 0.3) is 0 Å². The van der Waals surface area contributed by atoms with Gasteiger partial charge in [-0.05, 0) is 44.6 Å². The Morgan fingerprint density at radius 3 is 1.65 bits per heavy atom. The van der Waals surface area contributed by atoms with E-state index in [0.717, 1.165) is 51.4 Å². The van der Waals surface area contributed by atoms with Crippen LogP contribution >= 0.6 is 7.82 Å². The Labute approximate surface area is 310 Å². The molecule has 0 aromatic rings. The zero-order valence-electron chi connectivity index (χ0n) is 32.0. The van der Waals surface area contributed by atoms with Crippen molar-refractivity contribution >= 4 is 25.5 Å². The maximum absolute atomic E-state index is 12.4. The zero-order valence-corrected chi connectivity index (χ0v) is 32.9. The molecular weight excluding hydrogens is 667 g/mol. The van der Waals surface area contributed by atoms with Crippen LogP contribution in [-0.4, -0.2) is 46.8 Å². The average molecular weight is 739 g/mol. The molecule has 0 radical (unpaired) electrons. The van der Waals surface area contributed by atoms with Gasteiger partial charge in [0.05, 0.1) is 6.61 Å². The van der Waals surface area contributed by atoms with Crippen molar-refractivity contribution in [3.8, 4) is 0 Å². The SMILES string of the molecule is CCCCCCCCCCCCCCCCCC(=O)OC[C@H](COP(=O)(O)O)OC(=O)CCC/C=C\C/C=C\C/C=C\C=C\C(=O)CCCCC. The maximum atomic E-state index is 12.4. The van der Waals surface area contributed by atoms with Crippen LogP contribution in [0.4, 0.5) is 0 Å². The van der Waals surface area contributed by atoms with Crippen LogP contribution in [0.2, 0.25) is 0 Å². The Bertz CT molecular complexity index is 1030. The van der Waals surface area contributed by atoms with Crippen LogP contribution in [0, 0.1) is 0 Å². The minimum absolute atomic E-state index is 0.110. The summed E-state index contributed by atoms with van der Waals surface area (Å²) in [4.78, 5) is 54.4. The van der Waals surface area contributed by atoms with E-state index in [1.54, 1.807) is 12.2 Å². The molecule has 0 aromatic heterocycles. The van der Waals surface area contributed by atoms with Gasteiger partial charge < -0.3 is 19.3 Å². The molecule has 0 amide bonds. The number of hydrogen-bond donors (Lipinski definition) is 2. The van der Waals surface area contributed by atoms with Crippen LogP contribution in [0.25, 0.3) is 0 Å². The molecule has 0 saturated heterocycles. The number of phosphoric acid groups is 1. The van der Waals surface area contributed by atoms with Gasteiger partial charge in [-0.2, -0.15) is 0 Å². The van der Waals surface area contributed by atoms with Gasteiger partial charge in [-0.1, -0.05) is 159 Å². The summed E-state index contributed by atoms with van der Waals surface area (Å²) in [6, 6.07) is 0. The molecule has 0 rings (SSSR count). The molecule has 9 nitrogen and oxygen atoms in total. The Morgan fingerprint density at radius 2 is 1.06 bits per heavy atom. The van der Waals surface area contributed by atoms with Crippen molar-refractivity contribution in [3.63, 3.8) is 0 Å². The lowest BCUT2D eigenvalue weighted by Crippen LogP contribution is -2.29. The average Bonchev–Trinajstić information content (AvgIpc) is 3.09. The summed E-state index contributed by atoms with van der Waals surface area (Å²) in [5.74, 6) is -0.819. The number of carbonyl (C=O) groups excluding carboxylic acids is 3. The van der Waals surface area contributed by atoms with Crippen molar-refractivity contribution in [2.24, 2.45) is 0 Å². The van der Waals surface area contributed by atoms with Crippen molar-refractivity contribution in [1.82, 2.24) is 0 Å². The van der Waals surface area contributed by atoms with Gasteiger partial charge in [0.2, 0.25) is 0 Å². The van der Waals surface area contributed by atoms with Gasteiger partial charge >= 0.3 is 19.8 Å². The van der Waals surface area contributed by atoms with Crippen LogP contribution in [-0.2, 0) is 32.9 Å².